The second-order valence-electron chi connectivity index (χ2n) is 2.85. The van der Waals surface area contributed by atoms with Crippen LogP contribution in [0.1, 0.15) is 16.8 Å². The Balaban J connectivity index is 2.81. The number of carbonyl (C=O) groups is 1. The van der Waals surface area contributed by atoms with Gasteiger partial charge < -0.3 is 15.9 Å². The van der Waals surface area contributed by atoms with Crippen molar-refractivity contribution in [1.29, 1.82) is 0 Å². The van der Waals surface area contributed by atoms with Crippen LogP contribution in [0.5, 0.6) is 0 Å². The number of pyridine rings is 1. The van der Waals surface area contributed by atoms with Gasteiger partial charge >= 0.3 is 5.97 Å². The van der Waals surface area contributed by atoms with E-state index in [0.717, 1.165) is 0 Å². The summed E-state index contributed by atoms with van der Waals surface area (Å²) in [6.07, 6.45) is 2.03. The summed E-state index contributed by atoms with van der Waals surface area (Å²) in [5.41, 5.74) is 5.89. The molecule has 0 saturated carbocycles. The lowest BCUT2D eigenvalue weighted by atomic mass is 10.3. The molecule has 1 aromatic heterocycles. The van der Waals surface area contributed by atoms with Crippen molar-refractivity contribution in [2.75, 3.05) is 18.1 Å². The average Bonchev–Trinajstić information content (AvgIpc) is 2.20. The number of thioether (sulfide) groups is 1. The van der Waals surface area contributed by atoms with Crippen molar-refractivity contribution in [2.24, 2.45) is 0 Å². The Bertz CT molecular complexity index is 357. The lowest BCUT2D eigenvalue weighted by Crippen LogP contribution is -2.03. The van der Waals surface area contributed by atoms with E-state index < -0.39 is 5.97 Å². The summed E-state index contributed by atoms with van der Waals surface area (Å²) in [5.74, 6) is -0.408. The van der Waals surface area contributed by atoms with Crippen LogP contribution in [0.3, 0.4) is 0 Å². The highest BCUT2D eigenvalue weighted by molar-refractivity contribution is 7.99. The van der Waals surface area contributed by atoms with Crippen LogP contribution in [0.25, 0.3) is 0 Å². The van der Waals surface area contributed by atoms with E-state index in [4.69, 9.17) is 15.9 Å². The summed E-state index contributed by atoms with van der Waals surface area (Å²) in [6, 6.07) is 1.39. The molecule has 4 N–H and O–H groups in total. The maximum Gasteiger partial charge on any atom is 0.338 e. The number of aromatic carboxylic acids is 1. The normalized spacial score (nSPS) is 10.2. The molecule has 1 heterocycles. The number of anilines is 1. The van der Waals surface area contributed by atoms with Crippen molar-refractivity contribution in [3.05, 3.63) is 17.8 Å². The molecule has 0 saturated heterocycles. The van der Waals surface area contributed by atoms with Gasteiger partial charge in [-0.1, -0.05) is 0 Å². The molecular weight excluding hydrogens is 216 g/mol. The predicted molar refractivity (Wildman–Crippen MR) is 58.0 cm³/mol. The van der Waals surface area contributed by atoms with Gasteiger partial charge in [0.25, 0.3) is 0 Å². The lowest BCUT2D eigenvalue weighted by molar-refractivity contribution is 0.0692. The molecule has 1 rings (SSSR count). The number of hydrogen-bond donors (Lipinski definition) is 3. The van der Waals surface area contributed by atoms with E-state index in [1.807, 2.05) is 0 Å². The quantitative estimate of drug-likeness (QED) is 0.510. The van der Waals surface area contributed by atoms with Crippen LogP contribution >= 0.6 is 11.8 Å². The Kier molecular flexibility index (Phi) is 4.38. The van der Waals surface area contributed by atoms with Crippen LogP contribution < -0.4 is 5.73 Å². The lowest BCUT2D eigenvalue weighted by Gasteiger charge is -2.04. The molecule has 0 radical (unpaired) electrons. The van der Waals surface area contributed by atoms with Crippen molar-refractivity contribution < 1.29 is 15.0 Å². The molecule has 0 aromatic carbocycles. The molecule has 5 nitrogen and oxygen atoms in total. The number of carboxylic acid groups (broad SMARTS) is 1. The smallest absolute Gasteiger partial charge is 0.338 e. The van der Waals surface area contributed by atoms with Gasteiger partial charge in [-0.2, -0.15) is 0 Å². The zero-order chi connectivity index (χ0) is 11.3. The van der Waals surface area contributed by atoms with Gasteiger partial charge in [0.1, 0.15) is 5.03 Å². The van der Waals surface area contributed by atoms with Crippen molar-refractivity contribution >= 4 is 23.4 Å². The van der Waals surface area contributed by atoms with Gasteiger partial charge in [0.2, 0.25) is 0 Å². The maximum absolute atomic E-state index is 10.8. The highest BCUT2D eigenvalue weighted by Crippen LogP contribution is 2.22. The molecule has 15 heavy (non-hydrogen) atoms. The monoisotopic (exact) mass is 228 g/mol. The van der Waals surface area contributed by atoms with E-state index in [1.54, 1.807) is 0 Å². The zero-order valence-electron chi connectivity index (χ0n) is 8.01. The highest BCUT2D eigenvalue weighted by Gasteiger charge is 2.11. The van der Waals surface area contributed by atoms with E-state index in [1.165, 1.54) is 24.0 Å². The van der Waals surface area contributed by atoms with Crippen LogP contribution in [-0.2, 0) is 0 Å². The number of hydrogen-bond acceptors (Lipinski definition) is 5. The zero-order valence-corrected chi connectivity index (χ0v) is 8.83. The maximum atomic E-state index is 10.8. The summed E-state index contributed by atoms with van der Waals surface area (Å²) in [4.78, 5) is 14.8. The molecule has 0 unspecified atom stereocenters. The van der Waals surface area contributed by atoms with Crippen LogP contribution in [0.15, 0.2) is 17.3 Å². The first-order valence-corrected chi connectivity index (χ1v) is 5.36. The molecule has 1 aromatic rings. The van der Waals surface area contributed by atoms with Gasteiger partial charge in [-0.15, -0.1) is 11.8 Å². The van der Waals surface area contributed by atoms with Gasteiger partial charge in [0.15, 0.2) is 0 Å². The molecule has 0 aliphatic heterocycles. The second kappa shape index (κ2) is 5.57. The summed E-state index contributed by atoms with van der Waals surface area (Å²) < 4.78 is 0. The molecule has 0 spiro atoms. The number of nitrogens with two attached hydrogens (primary N) is 1. The number of carboxylic acids is 1. The van der Waals surface area contributed by atoms with Gasteiger partial charge in [-0.3, -0.25) is 0 Å². The van der Waals surface area contributed by atoms with Gasteiger partial charge in [-0.25, -0.2) is 9.78 Å². The van der Waals surface area contributed by atoms with Crippen LogP contribution in [0.4, 0.5) is 5.69 Å². The molecule has 82 valence electrons. The van der Waals surface area contributed by atoms with E-state index in [-0.39, 0.29) is 12.2 Å². The molecule has 0 amide bonds. The Morgan fingerprint density at radius 1 is 1.60 bits per heavy atom. The molecular formula is C9H12N2O3S. The Labute approximate surface area is 91.3 Å². The number of aliphatic hydroxyl groups excluding tert-OH is 1. The van der Waals surface area contributed by atoms with Crippen molar-refractivity contribution in [3.63, 3.8) is 0 Å². The van der Waals surface area contributed by atoms with Crippen molar-refractivity contribution in [2.45, 2.75) is 11.4 Å². The summed E-state index contributed by atoms with van der Waals surface area (Å²) >= 11 is 1.30. The predicted octanol–water partition coefficient (Wildman–Crippen LogP) is 0.837. The number of nitrogen functional groups attached to an aromatic ring is 1. The molecule has 0 atom stereocenters. The van der Waals surface area contributed by atoms with Crippen molar-refractivity contribution in [1.82, 2.24) is 4.98 Å². The van der Waals surface area contributed by atoms with E-state index in [0.29, 0.717) is 22.9 Å². The van der Waals surface area contributed by atoms with Crippen LogP contribution in [0.2, 0.25) is 0 Å². The van der Waals surface area contributed by atoms with Gasteiger partial charge in [0.05, 0.1) is 17.4 Å². The summed E-state index contributed by atoms with van der Waals surface area (Å²) in [5, 5.41) is 17.9. The van der Waals surface area contributed by atoms with Crippen LogP contribution in [0, 0.1) is 0 Å². The number of rotatable bonds is 5. The fraction of sp³-hybridized carbons (Fsp3) is 0.333. The third-order valence-electron chi connectivity index (χ3n) is 1.64. The molecule has 0 aliphatic rings. The molecule has 0 fully saturated rings. The SMILES string of the molecule is Nc1cnc(SCCCO)c(C(=O)O)c1. The highest BCUT2D eigenvalue weighted by atomic mass is 32.2. The first-order valence-electron chi connectivity index (χ1n) is 4.37. The largest absolute Gasteiger partial charge is 0.478 e. The molecule has 0 bridgehead atoms. The average molecular weight is 228 g/mol. The number of aliphatic hydroxyl groups is 1. The van der Waals surface area contributed by atoms with Gasteiger partial charge in [-0.05, 0) is 12.5 Å². The fourth-order valence-electron chi connectivity index (χ4n) is 0.970. The minimum atomic E-state index is -1.04. The topological polar surface area (TPSA) is 96.4 Å². The number of aromatic nitrogens is 1. The third kappa shape index (κ3) is 3.41. The van der Waals surface area contributed by atoms with Gasteiger partial charge in [0, 0.05) is 12.4 Å². The Morgan fingerprint density at radius 2 is 2.33 bits per heavy atom. The van der Waals surface area contributed by atoms with E-state index in [9.17, 15) is 4.79 Å². The number of nitrogens with zero attached hydrogens (tertiary/aromatic N) is 1. The van der Waals surface area contributed by atoms with Crippen LogP contribution in [-0.4, -0.2) is 33.5 Å². The molecule has 0 aliphatic carbocycles. The third-order valence-corrected chi connectivity index (χ3v) is 2.74. The standard InChI is InChI=1S/C9H12N2O3S/c10-6-4-7(9(13)14)8(11-5-6)15-3-1-2-12/h4-5,12H,1-3,10H2,(H,13,14). The van der Waals surface area contributed by atoms with Crippen molar-refractivity contribution in [3.8, 4) is 0 Å². The summed E-state index contributed by atoms with van der Waals surface area (Å²) in [7, 11) is 0. The molecule has 6 heteroatoms. The van der Waals surface area contributed by atoms with E-state index >= 15 is 0 Å². The fourth-order valence-corrected chi connectivity index (χ4v) is 1.87. The van der Waals surface area contributed by atoms with E-state index in [2.05, 4.69) is 4.98 Å². The first kappa shape index (κ1) is 11.8. The summed E-state index contributed by atoms with van der Waals surface area (Å²) in [6.45, 7) is 0.0877. The first-order chi connectivity index (χ1) is 7.15. The Morgan fingerprint density at radius 3 is 2.93 bits per heavy atom. The Hall–Kier alpha value is -1.27. The minimum absolute atomic E-state index is 0.0877. The second-order valence-corrected chi connectivity index (χ2v) is 3.94. The minimum Gasteiger partial charge on any atom is -0.478 e.